The van der Waals surface area contributed by atoms with Crippen molar-refractivity contribution in [2.45, 2.75) is 46.1 Å². The summed E-state index contributed by atoms with van der Waals surface area (Å²) in [7, 11) is 0. The Morgan fingerprint density at radius 2 is 2.05 bits per heavy atom. The fraction of sp³-hybridized carbons (Fsp3) is 0.588. The largest absolute Gasteiger partial charge is 0.491 e. The van der Waals surface area contributed by atoms with Crippen LogP contribution in [0.4, 0.5) is 0 Å². The maximum atomic E-state index is 11.9. The summed E-state index contributed by atoms with van der Waals surface area (Å²) in [5.74, 6) is 0.979. The van der Waals surface area contributed by atoms with E-state index in [4.69, 9.17) is 9.47 Å². The van der Waals surface area contributed by atoms with Gasteiger partial charge in [0.15, 0.2) is 0 Å². The number of carbonyl (C=O) groups excluding carboxylic acids is 1. The van der Waals surface area contributed by atoms with Crippen molar-refractivity contribution in [2.75, 3.05) is 19.8 Å². The third-order valence-corrected chi connectivity index (χ3v) is 3.15. The second-order valence-corrected chi connectivity index (χ2v) is 5.30. The lowest BCUT2D eigenvalue weighted by Gasteiger charge is -2.18. The van der Waals surface area contributed by atoms with Crippen molar-refractivity contribution in [3.05, 3.63) is 29.8 Å². The third kappa shape index (κ3) is 6.17. The van der Waals surface area contributed by atoms with Crippen molar-refractivity contribution < 1.29 is 14.3 Å². The highest BCUT2D eigenvalue weighted by atomic mass is 16.5. The van der Waals surface area contributed by atoms with Crippen LogP contribution in [-0.2, 0) is 9.53 Å². The van der Waals surface area contributed by atoms with E-state index in [0.29, 0.717) is 12.5 Å². The molecule has 0 aliphatic heterocycles. The molecule has 0 aliphatic carbocycles. The van der Waals surface area contributed by atoms with Crippen molar-refractivity contribution in [3.63, 3.8) is 0 Å². The van der Waals surface area contributed by atoms with E-state index in [1.54, 1.807) is 0 Å². The fourth-order valence-corrected chi connectivity index (χ4v) is 1.91. The van der Waals surface area contributed by atoms with Crippen LogP contribution in [0.3, 0.4) is 0 Å². The van der Waals surface area contributed by atoms with Gasteiger partial charge >= 0.3 is 5.97 Å². The second kappa shape index (κ2) is 9.40. The molecule has 1 unspecified atom stereocenters. The normalized spacial score (nSPS) is 12.2. The second-order valence-electron chi connectivity index (χ2n) is 5.30. The average molecular weight is 293 g/mol. The van der Waals surface area contributed by atoms with E-state index in [1.165, 1.54) is 5.56 Å². The molecule has 0 fully saturated rings. The lowest BCUT2D eigenvalue weighted by Crippen LogP contribution is -2.43. The molecule has 1 N–H and O–H groups in total. The van der Waals surface area contributed by atoms with Crippen LogP contribution in [0, 0.1) is 0 Å². The molecule has 1 rings (SSSR count). The van der Waals surface area contributed by atoms with Crippen LogP contribution in [0.5, 0.6) is 5.75 Å². The Hall–Kier alpha value is -1.55. The summed E-state index contributed by atoms with van der Waals surface area (Å²) < 4.78 is 10.8. The van der Waals surface area contributed by atoms with E-state index in [2.05, 4.69) is 32.2 Å². The molecule has 4 heteroatoms. The van der Waals surface area contributed by atoms with Gasteiger partial charge in [-0.15, -0.1) is 0 Å². The summed E-state index contributed by atoms with van der Waals surface area (Å²) in [6.45, 7) is 9.57. The first-order chi connectivity index (χ1) is 10.1. The summed E-state index contributed by atoms with van der Waals surface area (Å²) in [6.07, 6.45) is 0.957. The van der Waals surface area contributed by atoms with E-state index in [-0.39, 0.29) is 12.6 Å². The summed E-state index contributed by atoms with van der Waals surface area (Å²) in [6, 6.07) is 7.56. The molecule has 0 saturated carbocycles. The van der Waals surface area contributed by atoms with Gasteiger partial charge in [-0.3, -0.25) is 4.79 Å². The van der Waals surface area contributed by atoms with Gasteiger partial charge in [-0.05, 0) is 43.5 Å². The Labute approximate surface area is 127 Å². The maximum Gasteiger partial charge on any atom is 0.326 e. The minimum atomic E-state index is -0.424. The number of esters is 1. The van der Waals surface area contributed by atoms with Crippen molar-refractivity contribution in [2.24, 2.45) is 0 Å². The zero-order valence-electron chi connectivity index (χ0n) is 13.5. The predicted molar refractivity (Wildman–Crippen MR) is 84.7 cm³/mol. The van der Waals surface area contributed by atoms with Gasteiger partial charge in [-0.1, -0.05) is 32.9 Å². The number of carbonyl (C=O) groups is 1. The number of nitrogens with one attached hydrogen (secondary N) is 1. The quantitative estimate of drug-likeness (QED) is 0.711. The molecule has 4 nitrogen and oxygen atoms in total. The third-order valence-electron chi connectivity index (χ3n) is 3.15. The Balaban J connectivity index is 2.62. The molecule has 0 saturated heterocycles. The van der Waals surface area contributed by atoms with E-state index in [0.717, 1.165) is 18.7 Å². The van der Waals surface area contributed by atoms with E-state index in [9.17, 15) is 4.79 Å². The molecule has 0 spiro atoms. The highest BCUT2D eigenvalue weighted by molar-refractivity contribution is 5.76. The smallest absolute Gasteiger partial charge is 0.326 e. The first-order valence-corrected chi connectivity index (χ1v) is 7.71. The zero-order valence-corrected chi connectivity index (χ0v) is 13.5. The lowest BCUT2D eigenvalue weighted by atomic mass is 10.0. The molecule has 21 heavy (non-hydrogen) atoms. The Morgan fingerprint density at radius 1 is 1.29 bits per heavy atom. The number of ether oxygens (including phenoxy) is 2. The molecule has 1 atom stereocenters. The minimum absolute atomic E-state index is 0.258. The highest BCUT2D eigenvalue weighted by Gasteiger charge is 2.19. The van der Waals surface area contributed by atoms with Crippen LogP contribution in [0.2, 0.25) is 0 Å². The van der Waals surface area contributed by atoms with Crippen LogP contribution in [-0.4, -0.2) is 31.8 Å². The van der Waals surface area contributed by atoms with Crippen LogP contribution in [0.1, 0.15) is 45.6 Å². The molecule has 0 heterocycles. The van der Waals surface area contributed by atoms with E-state index >= 15 is 0 Å². The van der Waals surface area contributed by atoms with E-state index < -0.39 is 6.04 Å². The Bertz CT molecular complexity index is 432. The standard InChI is InChI=1S/C17H27NO3/c1-5-10-18-16(17(19)20-6-2)12-21-15-9-7-8-14(11-15)13(3)4/h7-9,11,13,16,18H,5-6,10,12H2,1-4H3. The van der Waals surface area contributed by atoms with Crippen LogP contribution in [0.25, 0.3) is 0 Å². The molecule has 0 bridgehead atoms. The van der Waals surface area contributed by atoms with Gasteiger partial charge in [0.25, 0.3) is 0 Å². The van der Waals surface area contributed by atoms with Gasteiger partial charge in [-0.2, -0.15) is 0 Å². The van der Waals surface area contributed by atoms with Gasteiger partial charge in [0, 0.05) is 0 Å². The molecule has 118 valence electrons. The van der Waals surface area contributed by atoms with Crippen LogP contribution >= 0.6 is 0 Å². The first kappa shape index (κ1) is 17.5. The van der Waals surface area contributed by atoms with Gasteiger partial charge in [0.1, 0.15) is 18.4 Å². The molecule has 0 radical (unpaired) electrons. The topological polar surface area (TPSA) is 47.6 Å². The SMILES string of the molecule is CCCNC(COc1cccc(C(C)C)c1)C(=O)OCC. The average Bonchev–Trinajstić information content (AvgIpc) is 2.47. The molecule has 0 amide bonds. The zero-order chi connectivity index (χ0) is 15.7. The maximum absolute atomic E-state index is 11.9. The minimum Gasteiger partial charge on any atom is -0.491 e. The van der Waals surface area contributed by atoms with E-state index in [1.807, 2.05) is 25.1 Å². The van der Waals surface area contributed by atoms with Crippen molar-refractivity contribution in [1.82, 2.24) is 5.32 Å². The van der Waals surface area contributed by atoms with Crippen LogP contribution in [0.15, 0.2) is 24.3 Å². The number of hydrogen-bond donors (Lipinski definition) is 1. The summed E-state index contributed by atoms with van der Waals surface area (Å²) in [4.78, 5) is 11.9. The summed E-state index contributed by atoms with van der Waals surface area (Å²) >= 11 is 0. The van der Waals surface area contributed by atoms with Crippen molar-refractivity contribution in [3.8, 4) is 5.75 Å². The molecule has 0 aliphatic rings. The van der Waals surface area contributed by atoms with Gasteiger partial charge in [-0.25, -0.2) is 0 Å². The lowest BCUT2D eigenvalue weighted by molar-refractivity contribution is -0.146. The summed E-state index contributed by atoms with van der Waals surface area (Å²) in [5, 5.41) is 3.16. The monoisotopic (exact) mass is 293 g/mol. The van der Waals surface area contributed by atoms with Gasteiger partial charge in [0.2, 0.25) is 0 Å². The van der Waals surface area contributed by atoms with Gasteiger partial charge in [0.05, 0.1) is 6.61 Å². The Morgan fingerprint density at radius 3 is 2.67 bits per heavy atom. The molecule has 1 aromatic carbocycles. The highest BCUT2D eigenvalue weighted by Crippen LogP contribution is 2.20. The molecule has 1 aromatic rings. The summed E-state index contributed by atoms with van der Waals surface area (Å²) in [5.41, 5.74) is 1.22. The number of rotatable bonds is 9. The van der Waals surface area contributed by atoms with Crippen LogP contribution < -0.4 is 10.1 Å². The first-order valence-electron chi connectivity index (χ1n) is 7.71. The predicted octanol–water partition coefficient (Wildman–Crippen LogP) is 3.12. The van der Waals surface area contributed by atoms with Gasteiger partial charge < -0.3 is 14.8 Å². The van der Waals surface area contributed by atoms with Crippen molar-refractivity contribution >= 4 is 5.97 Å². The van der Waals surface area contributed by atoms with Crippen molar-refractivity contribution in [1.29, 1.82) is 0 Å². The number of hydrogen-bond acceptors (Lipinski definition) is 4. The molecular weight excluding hydrogens is 266 g/mol. The Kier molecular flexibility index (Phi) is 7.83. The number of benzene rings is 1. The molecule has 0 aromatic heterocycles. The fourth-order valence-electron chi connectivity index (χ4n) is 1.91. The molecular formula is C17H27NO3.